The number of rotatable bonds is 7. The molecule has 1 aliphatic heterocycles. The Morgan fingerprint density at radius 1 is 1.11 bits per heavy atom. The third kappa shape index (κ3) is 4.80. The van der Waals surface area contributed by atoms with Gasteiger partial charge in [0.1, 0.15) is 24.7 Å². The van der Waals surface area contributed by atoms with Crippen LogP contribution in [0.3, 0.4) is 0 Å². The van der Waals surface area contributed by atoms with E-state index >= 15 is 0 Å². The van der Waals surface area contributed by atoms with Gasteiger partial charge in [0.15, 0.2) is 11.5 Å². The summed E-state index contributed by atoms with van der Waals surface area (Å²) in [4.78, 5) is 13.3. The van der Waals surface area contributed by atoms with E-state index in [1.165, 1.54) is 11.8 Å². The number of methoxy groups -OCH3 is 2. The van der Waals surface area contributed by atoms with E-state index in [0.29, 0.717) is 24.7 Å². The van der Waals surface area contributed by atoms with E-state index in [0.717, 1.165) is 27.7 Å². The summed E-state index contributed by atoms with van der Waals surface area (Å²) in [6.07, 6.45) is 0. The first-order valence-corrected chi connectivity index (χ1v) is 9.63. The van der Waals surface area contributed by atoms with E-state index in [4.69, 9.17) is 18.9 Å². The molecular formula is C20H23NO5S. The van der Waals surface area contributed by atoms with Crippen LogP contribution in [0.4, 0.5) is 0 Å². The second-order valence-electron chi connectivity index (χ2n) is 5.99. The van der Waals surface area contributed by atoms with Crippen molar-refractivity contribution in [1.29, 1.82) is 0 Å². The normalized spacial score (nSPS) is 13.6. The largest absolute Gasteiger partial charge is 0.497 e. The second kappa shape index (κ2) is 8.90. The number of carbonyl (C=O) groups excluding carboxylic acids is 1. The number of nitrogens with one attached hydrogen (secondary N) is 1. The van der Waals surface area contributed by atoms with Crippen LogP contribution < -0.4 is 24.3 Å². The fourth-order valence-corrected chi connectivity index (χ4v) is 3.54. The van der Waals surface area contributed by atoms with Gasteiger partial charge in [-0.1, -0.05) is 0 Å². The maximum atomic E-state index is 12.4. The zero-order chi connectivity index (χ0) is 19.2. The molecule has 0 saturated carbocycles. The number of thioether (sulfide) groups is 1. The van der Waals surface area contributed by atoms with E-state index in [-0.39, 0.29) is 11.9 Å². The van der Waals surface area contributed by atoms with Crippen LogP contribution >= 0.6 is 11.8 Å². The van der Waals surface area contributed by atoms with Crippen LogP contribution in [0.15, 0.2) is 41.3 Å². The monoisotopic (exact) mass is 389 g/mol. The van der Waals surface area contributed by atoms with Gasteiger partial charge in [0.2, 0.25) is 5.91 Å². The Kier molecular flexibility index (Phi) is 6.34. The van der Waals surface area contributed by atoms with Crippen LogP contribution in [0.2, 0.25) is 0 Å². The minimum Gasteiger partial charge on any atom is -0.497 e. The molecule has 1 amide bonds. The zero-order valence-electron chi connectivity index (χ0n) is 15.6. The van der Waals surface area contributed by atoms with Crippen LogP contribution in [0, 0.1) is 0 Å². The van der Waals surface area contributed by atoms with Gasteiger partial charge < -0.3 is 24.3 Å². The fourth-order valence-electron chi connectivity index (χ4n) is 2.80. The SMILES string of the molecule is COc1ccc(OC)c([C@H](C)NC(=O)CSc2ccc3c(c2)OCCO3)c1. The minimum absolute atomic E-state index is 0.0627. The average molecular weight is 389 g/mol. The lowest BCUT2D eigenvalue weighted by atomic mass is 10.1. The molecule has 1 atom stereocenters. The van der Waals surface area contributed by atoms with Crippen molar-refractivity contribution in [3.63, 3.8) is 0 Å². The number of amides is 1. The first-order valence-electron chi connectivity index (χ1n) is 8.64. The average Bonchev–Trinajstić information content (AvgIpc) is 2.71. The lowest BCUT2D eigenvalue weighted by molar-refractivity contribution is -0.119. The molecule has 0 spiro atoms. The maximum Gasteiger partial charge on any atom is 0.230 e. The lowest BCUT2D eigenvalue weighted by Crippen LogP contribution is -2.28. The lowest BCUT2D eigenvalue weighted by Gasteiger charge is -2.19. The highest BCUT2D eigenvalue weighted by Crippen LogP contribution is 2.34. The van der Waals surface area contributed by atoms with Crippen molar-refractivity contribution in [3.05, 3.63) is 42.0 Å². The third-order valence-corrected chi connectivity index (χ3v) is 5.16. The van der Waals surface area contributed by atoms with Gasteiger partial charge in [-0.2, -0.15) is 0 Å². The van der Waals surface area contributed by atoms with Gasteiger partial charge in [-0.15, -0.1) is 11.8 Å². The summed E-state index contributed by atoms with van der Waals surface area (Å²) in [5.41, 5.74) is 0.870. The fraction of sp³-hybridized carbons (Fsp3) is 0.350. The molecular weight excluding hydrogens is 366 g/mol. The summed E-state index contributed by atoms with van der Waals surface area (Å²) >= 11 is 1.45. The van der Waals surface area contributed by atoms with Crippen molar-refractivity contribution in [2.24, 2.45) is 0 Å². The highest BCUT2D eigenvalue weighted by atomic mass is 32.2. The van der Waals surface area contributed by atoms with E-state index < -0.39 is 0 Å². The quantitative estimate of drug-likeness (QED) is 0.732. The summed E-state index contributed by atoms with van der Waals surface area (Å²) in [5.74, 6) is 3.14. The Labute approximate surface area is 163 Å². The smallest absolute Gasteiger partial charge is 0.230 e. The number of carbonyl (C=O) groups is 1. The Morgan fingerprint density at radius 3 is 2.63 bits per heavy atom. The van der Waals surface area contributed by atoms with Gasteiger partial charge in [-0.05, 0) is 43.3 Å². The van der Waals surface area contributed by atoms with Crippen molar-refractivity contribution in [3.8, 4) is 23.0 Å². The summed E-state index contributed by atoms with van der Waals surface area (Å²) in [6.45, 7) is 3.03. The Morgan fingerprint density at radius 2 is 1.89 bits per heavy atom. The molecule has 7 heteroatoms. The van der Waals surface area contributed by atoms with Gasteiger partial charge in [-0.3, -0.25) is 4.79 Å². The molecule has 27 heavy (non-hydrogen) atoms. The number of hydrogen-bond donors (Lipinski definition) is 1. The van der Waals surface area contributed by atoms with E-state index in [1.54, 1.807) is 14.2 Å². The first kappa shape index (κ1) is 19.2. The van der Waals surface area contributed by atoms with Crippen LogP contribution in [0.25, 0.3) is 0 Å². The molecule has 144 valence electrons. The zero-order valence-corrected chi connectivity index (χ0v) is 16.4. The molecule has 0 aliphatic carbocycles. The predicted octanol–water partition coefficient (Wildman–Crippen LogP) is 3.44. The molecule has 0 unspecified atom stereocenters. The summed E-state index contributed by atoms with van der Waals surface area (Å²) in [5, 5.41) is 3.00. The van der Waals surface area contributed by atoms with Crippen molar-refractivity contribution in [2.45, 2.75) is 17.9 Å². The van der Waals surface area contributed by atoms with Crippen LogP contribution in [0.5, 0.6) is 23.0 Å². The Balaban J connectivity index is 1.59. The second-order valence-corrected chi connectivity index (χ2v) is 7.04. The molecule has 1 N–H and O–H groups in total. The van der Waals surface area contributed by atoms with Gasteiger partial charge in [0, 0.05) is 10.5 Å². The molecule has 2 aromatic rings. The van der Waals surface area contributed by atoms with Gasteiger partial charge >= 0.3 is 0 Å². The van der Waals surface area contributed by atoms with Crippen molar-refractivity contribution in [2.75, 3.05) is 33.2 Å². The van der Waals surface area contributed by atoms with Crippen LogP contribution in [0.1, 0.15) is 18.5 Å². The van der Waals surface area contributed by atoms with Crippen molar-refractivity contribution < 1.29 is 23.7 Å². The maximum absolute atomic E-state index is 12.4. The van der Waals surface area contributed by atoms with E-state index in [9.17, 15) is 4.79 Å². The summed E-state index contributed by atoms with van der Waals surface area (Å²) < 4.78 is 21.7. The molecule has 1 heterocycles. The topological polar surface area (TPSA) is 66.0 Å². The Bertz CT molecular complexity index is 811. The van der Waals surface area contributed by atoms with Crippen LogP contribution in [-0.4, -0.2) is 39.1 Å². The number of hydrogen-bond acceptors (Lipinski definition) is 6. The summed E-state index contributed by atoms with van der Waals surface area (Å²) in [6, 6.07) is 11.0. The molecule has 0 radical (unpaired) electrons. The highest BCUT2D eigenvalue weighted by molar-refractivity contribution is 8.00. The van der Waals surface area contributed by atoms with Gasteiger partial charge in [0.05, 0.1) is 26.0 Å². The molecule has 1 aliphatic rings. The summed E-state index contributed by atoms with van der Waals surface area (Å²) in [7, 11) is 3.22. The number of fused-ring (bicyclic) bond motifs is 1. The van der Waals surface area contributed by atoms with Gasteiger partial charge in [0.25, 0.3) is 0 Å². The highest BCUT2D eigenvalue weighted by Gasteiger charge is 2.16. The van der Waals surface area contributed by atoms with E-state index in [1.807, 2.05) is 43.3 Å². The molecule has 2 aromatic carbocycles. The van der Waals surface area contributed by atoms with Gasteiger partial charge in [-0.25, -0.2) is 0 Å². The molecule has 0 aromatic heterocycles. The van der Waals surface area contributed by atoms with Crippen molar-refractivity contribution >= 4 is 17.7 Å². The first-order chi connectivity index (χ1) is 13.1. The van der Waals surface area contributed by atoms with Crippen molar-refractivity contribution in [1.82, 2.24) is 5.32 Å². The molecule has 0 saturated heterocycles. The van der Waals surface area contributed by atoms with Crippen LogP contribution in [-0.2, 0) is 4.79 Å². The molecule has 6 nitrogen and oxygen atoms in total. The standard InChI is InChI=1S/C20H23NO5S/c1-13(16-10-14(23-2)4-6-17(16)24-3)21-20(22)12-27-15-5-7-18-19(11-15)26-9-8-25-18/h4-7,10-11,13H,8-9,12H2,1-3H3,(H,21,22)/t13-/m0/s1. The molecule has 3 rings (SSSR count). The number of benzene rings is 2. The molecule has 0 fully saturated rings. The Hall–Kier alpha value is -2.54. The minimum atomic E-state index is -0.205. The number of ether oxygens (including phenoxy) is 4. The predicted molar refractivity (Wildman–Crippen MR) is 104 cm³/mol. The molecule has 0 bridgehead atoms. The van der Waals surface area contributed by atoms with E-state index in [2.05, 4.69) is 5.32 Å². The third-order valence-electron chi connectivity index (χ3n) is 4.16.